The van der Waals surface area contributed by atoms with Gasteiger partial charge < -0.3 is 5.32 Å². The van der Waals surface area contributed by atoms with Gasteiger partial charge in [0.05, 0.1) is 17.1 Å². The van der Waals surface area contributed by atoms with E-state index in [0.29, 0.717) is 5.56 Å². The Morgan fingerprint density at radius 2 is 1.91 bits per heavy atom. The fourth-order valence-corrected chi connectivity index (χ4v) is 2.56. The number of aryl methyl sites for hydroxylation is 1. The summed E-state index contributed by atoms with van der Waals surface area (Å²) >= 11 is 6.59. The first kappa shape index (κ1) is 17.0. The second kappa shape index (κ2) is 7.80. The topological polar surface area (TPSA) is 83.1 Å². The fraction of sp³-hybridized carbons (Fsp3) is 0.200. The summed E-state index contributed by atoms with van der Waals surface area (Å²) < 4.78 is 0. The molecule has 0 fully saturated rings. The van der Waals surface area contributed by atoms with E-state index in [-0.39, 0.29) is 23.2 Å². The Morgan fingerprint density at radius 3 is 2.48 bits per heavy atom. The van der Waals surface area contributed by atoms with Gasteiger partial charge in [0.25, 0.3) is 0 Å². The molecule has 0 saturated heterocycles. The molecule has 0 saturated carbocycles. The number of hydrazine groups is 1. The zero-order valence-corrected chi connectivity index (χ0v) is 14.3. The Kier molecular flexibility index (Phi) is 5.78. The molecule has 23 heavy (non-hydrogen) atoms. The first-order valence-electron chi connectivity index (χ1n) is 6.82. The predicted octanol–water partition coefficient (Wildman–Crippen LogP) is 2.21. The summed E-state index contributed by atoms with van der Waals surface area (Å²) in [5.74, 6) is -0.229. The molecule has 0 atom stereocenters. The van der Waals surface area contributed by atoms with Gasteiger partial charge in [-0.15, -0.1) is 11.3 Å². The van der Waals surface area contributed by atoms with Crippen LogP contribution in [0.25, 0.3) is 0 Å². The summed E-state index contributed by atoms with van der Waals surface area (Å²) in [4.78, 5) is 27.2. The lowest BCUT2D eigenvalue weighted by molar-refractivity contribution is -0.121. The minimum Gasteiger partial charge on any atom is -0.331 e. The highest BCUT2D eigenvalue weighted by molar-refractivity contribution is 7.80. The van der Waals surface area contributed by atoms with E-state index < -0.39 is 0 Å². The number of aromatic nitrogens is 1. The largest absolute Gasteiger partial charge is 0.331 e. The summed E-state index contributed by atoms with van der Waals surface area (Å²) in [5, 5.41) is 5.94. The lowest BCUT2D eigenvalue weighted by Crippen LogP contribution is -2.44. The van der Waals surface area contributed by atoms with E-state index in [4.69, 9.17) is 12.2 Å². The summed E-state index contributed by atoms with van der Waals surface area (Å²) in [6.07, 6.45) is 0.188. The van der Waals surface area contributed by atoms with Gasteiger partial charge in [0.2, 0.25) is 5.91 Å². The summed E-state index contributed by atoms with van der Waals surface area (Å²) in [6.45, 7) is 3.40. The molecule has 6 nitrogen and oxygen atoms in total. The van der Waals surface area contributed by atoms with Crippen molar-refractivity contribution in [2.24, 2.45) is 0 Å². The number of carbonyl (C=O) groups excluding carboxylic acids is 2. The minimum absolute atomic E-state index is 0.00166. The van der Waals surface area contributed by atoms with E-state index in [2.05, 4.69) is 21.2 Å². The molecule has 1 amide bonds. The molecule has 2 aromatic rings. The highest BCUT2D eigenvalue weighted by atomic mass is 32.1. The Hall–Kier alpha value is -2.32. The molecular weight excluding hydrogens is 332 g/mol. The third-order valence-corrected chi connectivity index (χ3v) is 3.90. The second-order valence-electron chi connectivity index (χ2n) is 4.80. The quantitative estimate of drug-likeness (QED) is 0.446. The number of nitrogens with zero attached hydrogens (tertiary/aromatic N) is 1. The number of thiocarbonyl (C=S) groups is 1. The van der Waals surface area contributed by atoms with Crippen LogP contribution in [0.2, 0.25) is 0 Å². The van der Waals surface area contributed by atoms with Gasteiger partial charge in [0.15, 0.2) is 10.9 Å². The van der Waals surface area contributed by atoms with Gasteiger partial charge in [-0.3, -0.25) is 20.4 Å². The lowest BCUT2D eigenvalue weighted by atomic mass is 10.1. The van der Waals surface area contributed by atoms with E-state index in [1.165, 1.54) is 18.3 Å². The number of hydrogen-bond acceptors (Lipinski definition) is 5. The number of Topliss-reactive ketones (excluding diaryl/α,β-unsaturated/α-hetero) is 1. The molecule has 1 aromatic heterocycles. The van der Waals surface area contributed by atoms with Gasteiger partial charge >= 0.3 is 0 Å². The molecule has 1 heterocycles. The first-order valence-corrected chi connectivity index (χ1v) is 8.10. The normalized spacial score (nSPS) is 10.0. The highest BCUT2D eigenvalue weighted by Crippen LogP contribution is 2.10. The van der Waals surface area contributed by atoms with Crippen LogP contribution in [0.3, 0.4) is 0 Å². The smallest absolute Gasteiger partial charge is 0.244 e. The van der Waals surface area contributed by atoms with Crippen LogP contribution in [0.15, 0.2) is 29.6 Å². The van der Waals surface area contributed by atoms with Crippen LogP contribution in [0.5, 0.6) is 0 Å². The maximum absolute atomic E-state index is 11.8. The fourth-order valence-electron chi connectivity index (χ4n) is 1.78. The Bertz CT molecular complexity index is 725. The predicted molar refractivity (Wildman–Crippen MR) is 94.5 cm³/mol. The maximum atomic E-state index is 11.8. The number of thiazole rings is 1. The summed E-state index contributed by atoms with van der Waals surface area (Å²) in [5.41, 5.74) is 7.21. The molecule has 120 valence electrons. The van der Waals surface area contributed by atoms with Crippen molar-refractivity contribution in [2.45, 2.75) is 20.3 Å². The maximum Gasteiger partial charge on any atom is 0.244 e. The van der Waals surface area contributed by atoms with E-state index in [0.717, 1.165) is 16.4 Å². The molecule has 1 aromatic carbocycles. The highest BCUT2D eigenvalue weighted by Gasteiger charge is 2.07. The number of rotatable bonds is 4. The van der Waals surface area contributed by atoms with Crippen LogP contribution >= 0.6 is 23.6 Å². The van der Waals surface area contributed by atoms with Crippen molar-refractivity contribution in [3.05, 3.63) is 45.9 Å². The van der Waals surface area contributed by atoms with Crippen LogP contribution < -0.4 is 16.2 Å². The van der Waals surface area contributed by atoms with Crippen molar-refractivity contribution in [3.63, 3.8) is 0 Å². The number of amides is 1. The van der Waals surface area contributed by atoms with Crippen molar-refractivity contribution in [1.29, 1.82) is 0 Å². The van der Waals surface area contributed by atoms with Gasteiger partial charge in [-0.05, 0) is 50.3 Å². The van der Waals surface area contributed by atoms with Crippen LogP contribution in [-0.2, 0) is 11.2 Å². The van der Waals surface area contributed by atoms with Crippen molar-refractivity contribution in [3.8, 4) is 0 Å². The summed E-state index contributed by atoms with van der Waals surface area (Å²) in [7, 11) is 0. The molecular formula is C15H16N4O2S2. The average molecular weight is 348 g/mol. The number of nitrogens with one attached hydrogen (secondary N) is 3. The van der Waals surface area contributed by atoms with Crippen molar-refractivity contribution >= 4 is 46.0 Å². The average Bonchev–Trinajstić information content (AvgIpc) is 2.91. The standard InChI is InChI=1S/C15H16N4O2S2/c1-9(20)11-3-5-12(6-4-11)17-15(22)19-18-14(21)7-13-8-23-10(2)16-13/h3-6,8H,7H2,1-2H3,(H,18,21)(H2,17,19,22). The number of carbonyl (C=O) groups is 2. The Morgan fingerprint density at radius 1 is 1.22 bits per heavy atom. The SMILES string of the molecule is CC(=O)c1ccc(NC(=S)NNC(=O)Cc2csc(C)n2)cc1. The van der Waals surface area contributed by atoms with Gasteiger partial charge in [-0.2, -0.15) is 0 Å². The monoisotopic (exact) mass is 348 g/mol. The molecule has 2 rings (SSSR count). The second-order valence-corrected chi connectivity index (χ2v) is 6.27. The van der Waals surface area contributed by atoms with E-state index in [9.17, 15) is 9.59 Å². The zero-order chi connectivity index (χ0) is 16.8. The van der Waals surface area contributed by atoms with Crippen LogP contribution in [0.4, 0.5) is 5.69 Å². The molecule has 0 aliphatic heterocycles. The summed E-state index contributed by atoms with van der Waals surface area (Å²) in [6, 6.07) is 6.89. The molecule has 0 unspecified atom stereocenters. The first-order chi connectivity index (χ1) is 10.9. The van der Waals surface area contributed by atoms with Gasteiger partial charge in [-0.25, -0.2) is 4.98 Å². The molecule has 0 radical (unpaired) electrons. The van der Waals surface area contributed by atoms with E-state index >= 15 is 0 Å². The number of anilines is 1. The van der Waals surface area contributed by atoms with Crippen LogP contribution in [0.1, 0.15) is 28.0 Å². The van der Waals surface area contributed by atoms with Gasteiger partial charge in [-0.1, -0.05) is 0 Å². The molecule has 0 spiro atoms. The Labute approximate surface area is 143 Å². The molecule has 8 heteroatoms. The molecule has 0 aliphatic carbocycles. The van der Waals surface area contributed by atoms with Gasteiger partial charge in [0, 0.05) is 16.6 Å². The zero-order valence-electron chi connectivity index (χ0n) is 12.7. The molecule has 3 N–H and O–H groups in total. The van der Waals surface area contributed by atoms with Crippen molar-refractivity contribution < 1.29 is 9.59 Å². The molecule has 0 bridgehead atoms. The number of ketones is 1. The Balaban J connectivity index is 1.78. The number of hydrogen-bond donors (Lipinski definition) is 3. The van der Waals surface area contributed by atoms with Crippen molar-refractivity contribution in [2.75, 3.05) is 5.32 Å². The van der Waals surface area contributed by atoms with Crippen molar-refractivity contribution in [1.82, 2.24) is 15.8 Å². The molecule has 0 aliphatic rings. The van der Waals surface area contributed by atoms with Gasteiger partial charge in [0.1, 0.15) is 0 Å². The lowest BCUT2D eigenvalue weighted by Gasteiger charge is -2.11. The van der Waals surface area contributed by atoms with Crippen LogP contribution in [-0.4, -0.2) is 21.8 Å². The third kappa shape index (κ3) is 5.42. The van der Waals surface area contributed by atoms with E-state index in [1.54, 1.807) is 24.3 Å². The minimum atomic E-state index is -0.230. The van der Waals surface area contributed by atoms with Crippen LogP contribution in [0, 0.1) is 6.92 Å². The third-order valence-electron chi connectivity index (χ3n) is 2.87. The van der Waals surface area contributed by atoms with E-state index in [1.807, 2.05) is 12.3 Å². The number of benzene rings is 1.